The fraction of sp³-hybridized carbons (Fsp3) is 0.500. The van der Waals surface area contributed by atoms with Gasteiger partial charge in [0.15, 0.2) is 0 Å². The molecule has 0 spiro atoms. The second-order valence-electron chi connectivity index (χ2n) is 4.01. The number of hydrogen-bond donors (Lipinski definition) is 1. The number of anilines is 1. The van der Waals surface area contributed by atoms with Crippen molar-refractivity contribution >= 4 is 5.82 Å². The van der Waals surface area contributed by atoms with Gasteiger partial charge >= 0.3 is 0 Å². The molecule has 2 rings (SSSR count). The highest BCUT2D eigenvalue weighted by atomic mass is 16.5. The normalized spacial score (nSPS) is 19.4. The van der Waals surface area contributed by atoms with E-state index in [9.17, 15) is 0 Å². The van der Waals surface area contributed by atoms with Crippen LogP contribution >= 0.6 is 0 Å². The lowest BCUT2D eigenvalue weighted by Crippen LogP contribution is -2.19. The van der Waals surface area contributed by atoms with Crippen molar-refractivity contribution in [2.75, 3.05) is 18.5 Å². The van der Waals surface area contributed by atoms with Crippen molar-refractivity contribution in [3.8, 4) is 6.07 Å². The van der Waals surface area contributed by atoms with Gasteiger partial charge in [0.2, 0.25) is 0 Å². The molecule has 1 aliphatic heterocycles. The number of nitriles is 1. The first-order valence-corrected chi connectivity index (χ1v) is 5.52. The SMILES string of the molecule is Cc1cc(C#N)cc(NCC2CCCO2)n1. The van der Waals surface area contributed by atoms with Crippen LogP contribution in [-0.2, 0) is 4.74 Å². The largest absolute Gasteiger partial charge is 0.376 e. The van der Waals surface area contributed by atoms with Crippen molar-refractivity contribution in [1.82, 2.24) is 4.98 Å². The standard InChI is InChI=1S/C12H15N3O/c1-9-5-10(7-13)6-12(15-9)14-8-11-3-2-4-16-11/h5-6,11H,2-4,8H2,1H3,(H,14,15). The van der Waals surface area contributed by atoms with E-state index >= 15 is 0 Å². The molecule has 1 N–H and O–H groups in total. The Labute approximate surface area is 95.3 Å². The molecule has 0 aliphatic carbocycles. The maximum absolute atomic E-state index is 8.84. The number of pyridine rings is 1. The summed E-state index contributed by atoms with van der Waals surface area (Å²) in [5.41, 5.74) is 1.50. The molecule has 84 valence electrons. The van der Waals surface area contributed by atoms with E-state index in [1.807, 2.05) is 6.92 Å². The zero-order valence-corrected chi connectivity index (χ0v) is 9.36. The molecule has 1 atom stereocenters. The van der Waals surface area contributed by atoms with Crippen molar-refractivity contribution < 1.29 is 4.74 Å². The topological polar surface area (TPSA) is 57.9 Å². The highest BCUT2D eigenvalue weighted by Crippen LogP contribution is 2.14. The van der Waals surface area contributed by atoms with Crippen molar-refractivity contribution in [2.24, 2.45) is 0 Å². The summed E-state index contributed by atoms with van der Waals surface area (Å²) < 4.78 is 5.51. The molecule has 1 aliphatic rings. The molecule has 2 heterocycles. The van der Waals surface area contributed by atoms with Gasteiger partial charge in [-0.2, -0.15) is 5.26 Å². The molecule has 1 saturated heterocycles. The summed E-state index contributed by atoms with van der Waals surface area (Å²) in [5, 5.41) is 12.1. The monoisotopic (exact) mass is 217 g/mol. The predicted molar refractivity (Wildman–Crippen MR) is 61.2 cm³/mol. The quantitative estimate of drug-likeness (QED) is 0.839. The minimum Gasteiger partial charge on any atom is -0.376 e. The average Bonchev–Trinajstić information content (AvgIpc) is 2.78. The van der Waals surface area contributed by atoms with Gasteiger partial charge in [-0.3, -0.25) is 0 Å². The first-order valence-electron chi connectivity index (χ1n) is 5.52. The first kappa shape index (κ1) is 10.9. The fourth-order valence-corrected chi connectivity index (χ4v) is 1.85. The Morgan fingerprint density at radius 1 is 1.62 bits per heavy atom. The minimum atomic E-state index is 0.285. The number of aromatic nitrogens is 1. The zero-order valence-electron chi connectivity index (χ0n) is 9.36. The van der Waals surface area contributed by atoms with Crippen molar-refractivity contribution in [1.29, 1.82) is 5.26 Å². The van der Waals surface area contributed by atoms with E-state index in [1.165, 1.54) is 0 Å². The Hall–Kier alpha value is -1.60. The van der Waals surface area contributed by atoms with Crippen LogP contribution in [0.5, 0.6) is 0 Å². The zero-order chi connectivity index (χ0) is 11.4. The summed E-state index contributed by atoms with van der Waals surface area (Å²) in [6.07, 6.45) is 2.52. The van der Waals surface area contributed by atoms with Crippen molar-refractivity contribution in [2.45, 2.75) is 25.9 Å². The van der Waals surface area contributed by atoms with Gasteiger partial charge in [-0.15, -0.1) is 0 Å². The lowest BCUT2D eigenvalue weighted by atomic mass is 10.2. The van der Waals surface area contributed by atoms with Gasteiger partial charge in [0.1, 0.15) is 5.82 Å². The second-order valence-corrected chi connectivity index (χ2v) is 4.01. The maximum Gasteiger partial charge on any atom is 0.127 e. The lowest BCUT2D eigenvalue weighted by Gasteiger charge is -2.11. The molecule has 4 heteroatoms. The summed E-state index contributed by atoms with van der Waals surface area (Å²) in [4.78, 5) is 4.32. The second kappa shape index (κ2) is 4.95. The van der Waals surface area contributed by atoms with Crippen LogP contribution in [0.1, 0.15) is 24.1 Å². The van der Waals surface area contributed by atoms with Crippen LogP contribution < -0.4 is 5.32 Å². The Morgan fingerprint density at radius 2 is 2.50 bits per heavy atom. The molecule has 16 heavy (non-hydrogen) atoms. The van der Waals surface area contributed by atoms with E-state index in [-0.39, 0.29) is 6.10 Å². The summed E-state index contributed by atoms with van der Waals surface area (Å²) in [6.45, 7) is 3.51. The van der Waals surface area contributed by atoms with Crippen LogP contribution in [-0.4, -0.2) is 24.2 Å². The molecule has 1 fully saturated rings. The number of nitrogens with one attached hydrogen (secondary N) is 1. The molecule has 0 amide bonds. The average molecular weight is 217 g/mol. The van der Waals surface area contributed by atoms with E-state index in [0.717, 1.165) is 37.5 Å². The molecule has 1 aromatic rings. The molecule has 4 nitrogen and oxygen atoms in total. The number of ether oxygens (including phenoxy) is 1. The van der Waals surface area contributed by atoms with Gasteiger partial charge in [0, 0.05) is 18.8 Å². The van der Waals surface area contributed by atoms with Crippen LogP contribution in [0, 0.1) is 18.3 Å². The molecular formula is C12H15N3O. The predicted octanol–water partition coefficient (Wildman–Crippen LogP) is 1.85. The smallest absolute Gasteiger partial charge is 0.127 e. The van der Waals surface area contributed by atoms with Crippen LogP contribution in [0.3, 0.4) is 0 Å². The van der Waals surface area contributed by atoms with E-state index in [4.69, 9.17) is 10.00 Å². The molecule has 0 bridgehead atoms. The van der Waals surface area contributed by atoms with E-state index in [1.54, 1.807) is 12.1 Å². The summed E-state index contributed by atoms with van der Waals surface area (Å²) in [6, 6.07) is 5.67. The third-order valence-corrected chi connectivity index (χ3v) is 2.62. The summed E-state index contributed by atoms with van der Waals surface area (Å²) in [7, 11) is 0. The highest BCUT2D eigenvalue weighted by Gasteiger charge is 2.15. The van der Waals surface area contributed by atoms with Crippen molar-refractivity contribution in [3.05, 3.63) is 23.4 Å². The maximum atomic E-state index is 8.84. The molecule has 0 aromatic carbocycles. The summed E-state index contributed by atoms with van der Waals surface area (Å²) >= 11 is 0. The Kier molecular flexibility index (Phi) is 3.37. The van der Waals surface area contributed by atoms with Crippen LogP contribution in [0.15, 0.2) is 12.1 Å². The first-order chi connectivity index (χ1) is 7.78. The van der Waals surface area contributed by atoms with Gasteiger partial charge < -0.3 is 10.1 Å². The fourth-order valence-electron chi connectivity index (χ4n) is 1.85. The number of rotatable bonds is 3. The van der Waals surface area contributed by atoms with Crippen LogP contribution in [0.2, 0.25) is 0 Å². The molecule has 0 radical (unpaired) electrons. The molecule has 1 unspecified atom stereocenters. The van der Waals surface area contributed by atoms with Gasteiger partial charge in [0.05, 0.1) is 17.7 Å². The molecule has 1 aromatic heterocycles. The Bertz CT molecular complexity index is 405. The number of nitrogens with zero attached hydrogens (tertiary/aromatic N) is 2. The van der Waals surface area contributed by atoms with Crippen molar-refractivity contribution in [3.63, 3.8) is 0 Å². The van der Waals surface area contributed by atoms with E-state index in [0.29, 0.717) is 5.56 Å². The van der Waals surface area contributed by atoms with Gasteiger partial charge in [-0.1, -0.05) is 0 Å². The van der Waals surface area contributed by atoms with Gasteiger partial charge in [0.25, 0.3) is 0 Å². The van der Waals surface area contributed by atoms with E-state index in [2.05, 4.69) is 16.4 Å². The number of aryl methyl sites for hydroxylation is 1. The van der Waals surface area contributed by atoms with Gasteiger partial charge in [-0.25, -0.2) is 4.98 Å². The number of hydrogen-bond acceptors (Lipinski definition) is 4. The van der Waals surface area contributed by atoms with Crippen LogP contribution in [0.25, 0.3) is 0 Å². The Balaban J connectivity index is 1.98. The molecular weight excluding hydrogens is 202 g/mol. The molecule has 0 saturated carbocycles. The van der Waals surface area contributed by atoms with E-state index < -0.39 is 0 Å². The Morgan fingerprint density at radius 3 is 3.19 bits per heavy atom. The van der Waals surface area contributed by atoms with Crippen LogP contribution in [0.4, 0.5) is 5.82 Å². The minimum absolute atomic E-state index is 0.285. The van der Waals surface area contributed by atoms with Gasteiger partial charge in [-0.05, 0) is 31.9 Å². The third-order valence-electron chi connectivity index (χ3n) is 2.62. The lowest BCUT2D eigenvalue weighted by molar-refractivity contribution is 0.120. The third kappa shape index (κ3) is 2.71. The summed E-state index contributed by atoms with van der Waals surface area (Å²) in [5.74, 6) is 0.757. The highest BCUT2D eigenvalue weighted by molar-refractivity contribution is 5.44.